The van der Waals surface area contributed by atoms with Crippen LogP contribution in [0.15, 0.2) is 182 Å². The molecule has 0 amide bonds. The standard InChI is InChI=1S/C56H58O6Si/c1-56(2,3)63(4,5)62-52-37-49(57-38-43-22-11-6-12-23-43)36-51(58-39-44-24-13-7-14-25-44)50(52)33-21-32-48-34-53(59-40-45-26-15-8-16-27-45)55(61-42-47-30-19-10-20-31-47)54(35-48)60-41-46-28-17-9-18-29-46/h6-32,34-37H,33,38-42H2,1-5H3/b32-21+. The van der Waals surface area contributed by atoms with Gasteiger partial charge in [0.15, 0.2) is 11.5 Å². The molecule has 0 radical (unpaired) electrons. The van der Waals surface area contributed by atoms with Crippen molar-refractivity contribution in [1.29, 1.82) is 0 Å². The summed E-state index contributed by atoms with van der Waals surface area (Å²) in [5.74, 6) is 3.91. The number of benzene rings is 7. The second kappa shape index (κ2) is 21.4. The largest absolute Gasteiger partial charge is 0.543 e. The van der Waals surface area contributed by atoms with Gasteiger partial charge in [0, 0.05) is 17.7 Å². The lowest BCUT2D eigenvalue weighted by Gasteiger charge is -2.37. The number of ether oxygens (including phenoxy) is 5. The molecule has 0 aliphatic rings. The highest BCUT2D eigenvalue weighted by atomic mass is 28.4. The molecule has 0 fully saturated rings. The first-order chi connectivity index (χ1) is 30.6. The Balaban J connectivity index is 1.26. The molecule has 0 atom stereocenters. The maximum Gasteiger partial charge on any atom is 0.250 e. The second-order valence-electron chi connectivity index (χ2n) is 17.1. The van der Waals surface area contributed by atoms with Crippen LogP contribution in [-0.4, -0.2) is 8.32 Å². The van der Waals surface area contributed by atoms with Crippen LogP contribution in [0.4, 0.5) is 0 Å². The topological polar surface area (TPSA) is 55.4 Å². The molecule has 0 saturated carbocycles. The van der Waals surface area contributed by atoms with Gasteiger partial charge in [-0.1, -0.05) is 185 Å². The highest BCUT2D eigenvalue weighted by Crippen LogP contribution is 2.44. The van der Waals surface area contributed by atoms with E-state index in [1.807, 2.05) is 115 Å². The first-order valence-electron chi connectivity index (χ1n) is 21.6. The van der Waals surface area contributed by atoms with Gasteiger partial charge < -0.3 is 28.1 Å². The van der Waals surface area contributed by atoms with Gasteiger partial charge in [-0.05, 0) is 70.1 Å². The zero-order valence-corrected chi connectivity index (χ0v) is 38.1. The van der Waals surface area contributed by atoms with E-state index < -0.39 is 8.32 Å². The molecule has 6 nitrogen and oxygen atoms in total. The Morgan fingerprint density at radius 3 is 1.21 bits per heavy atom. The van der Waals surface area contributed by atoms with Crippen molar-refractivity contribution in [3.63, 3.8) is 0 Å². The fourth-order valence-electron chi connectivity index (χ4n) is 6.57. The summed E-state index contributed by atoms with van der Waals surface area (Å²) in [7, 11) is -2.31. The molecule has 0 bridgehead atoms. The van der Waals surface area contributed by atoms with Gasteiger partial charge in [-0.3, -0.25) is 0 Å². The molecule has 0 spiro atoms. The first-order valence-corrected chi connectivity index (χ1v) is 24.5. The predicted octanol–water partition coefficient (Wildman–Crippen LogP) is 14.2. The number of hydrogen-bond acceptors (Lipinski definition) is 6. The summed E-state index contributed by atoms with van der Waals surface area (Å²) in [6.45, 7) is 13.2. The third-order valence-corrected chi connectivity index (χ3v) is 15.5. The maximum absolute atomic E-state index is 7.14. The van der Waals surface area contributed by atoms with Gasteiger partial charge in [0.05, 0.1) is 0 Å². The minimum absolute atomic E-state index is 0.0390. The van der Waals surface area contributed by atoms with Crippen LogP contribution in [0.2, 0.25) is 18.1 Å². The van der Waals surface area contributed by atoms with Crippen molar-refractivity contribution in [2.24, 2.45) is 0 Å². The summed E-state index contributed by atoms with van der Waals surface area (Å²) >= 11 is 0. The second-order valence-corrected chi connectivity index (χ2v) is 21.8. The van der Waals surface area contributed by atoms with Crippen molar-refractivity contribution in [2.75, 3.05) is 0 Å². The normalized spacial score (nSPS) is 11.6. The number of hydrogen-bond donors (Lipinski definition) is 0. The monoisotopic (exact) mass is 854 g/mol. The molecular formula is C56H58O6Si. The molecule has 322 valence electrons. The first kappa shape index (κ1) is 44.4. The van der Waals surface area contributed by atoms with E-state index >= 15 is 0 Å². The van der Waals surface area contributed by atoms with E-state index in [0.717, 1.165) is 44.7 Å². The fourth-order valence-corrected chi connectivity index (χ4v) is 7.61. The molecule has 0 aromatic heterocycles. The van der Waals surface area contributed by atoms with Crippen LogP contribution in [0.3, 0.4) is 0 Å². The van der Waals surface area contributed by atoms with Crippen molar-refractivity contribution >= 4 is 14.4 Å². The lowest BCUT2D eigenvalue weighted by atomic mass is 10.1. The van der Waals surface area contributed by atoms with Crippen molar-refractivity contribution < 1.29 is 28.1 Å². The highest BCUT2D eigenvalue weighted by molar-refractivity contribution is 6.74. The third kappa shape index (κ3) is 12.9. The Bertz CT molecular complexity index is 2440. The smallest absolute Gasteiger partial charge is 0.250 e. The van der Waals surface area contributed by atoms with Gasteiger partial charge in [0.25, 0.3) is 0 Å². The van der Waals surface area contributed by atoms with Crippen molar-refractivity contribution in [1.82, 2.24) is 0 Å². The summed E-state index contributed by atoms with van der Waals surface area (Å²) in [5, 5.41) is -0.0390. The van der Waals surface area contributed by atoms with E-state index in [9.17, 15) is 0 Å². The molecule has 0 N–H and O–H groups in total. The van der Waals surface area contributed by atoms with E-state index in [1.54, 1.807) is 0 Å². The summed E-state index contributed by atoms with van der Waals surface area (Å²) in [6.07, 6.45) is 4.78. The SMILES string of the molecule is CC(C)(C)[Si](C)(C)Oc1cc(OCc2ccccc2)cc(OCc2ccccc2)c1C/C=C/c1cc(OCc2ccccc2)c(OCc2ccccc2)c(OCc2ccccc2)c1. The molecule has 7 rings (SSSR count). The zero-order chi connectivity index (χ0) is 43.9. The van der Waals surface area contributed by atoms with Crippen LogP contribution in [0.25, 0.3) is 6.08 Å². The van der Waals surface area contributed by atoms with Gasteiger partial charge in [0.1, 0.15) is 50.3 Å². The molecule has 0 saturated heterocycles. The Kier molecular flexibility index (Phi) is 15.1. The van der Waals surface area contributed by atoms with Crippen molar-refractivity contribution in [3.8, 4) is 34.5 Å². The summed E-state index contributed by atoms with van der Waals surface area (Å²) in [6, 6.07) is 58.9. The fraction of sp³-hybridized carbons (Fsp3) is 0.214. The molecule has 7 aromatic rings. The zero-order valence-electron chi connectivity index (χ0n) is 37.1. The van der Waals surface area contributed by atoms with E-state index in [1.165, 1.54) is 0 Å². The van der Waals surface area contributed by atoms with Crippen molar-refractivity contribution in [2.45, 2.75) is 78.4 Å². The lowest BCUT2D eigenvalue weighted by molar-refractivity contribution is 0.230. The van der Waals surface area contributed by atoms with E-state index in [-0.39, 0.29) is 5.04 Å². The number of allylic oxidation sites excluding steroid dienone is 1. The Labute approximate surface area is 374 Å². The maximum atomic E-state index is 7.14. The minimum Gasteiger partial charge on any atom is -0.543 e. The van der Waals surface area contributed by atoms with Gasteiger partial charge in [-0.2, -0.15) is 0 Å². The van der Waals surface area contributed by atoms with Crippen LogP contribution in [0.5, 0.6) is 34.5 Å². The van der Waals surface area contributed by atoms with Gasteiger partial charge in [-0.15, -0.1) is 0 Å². The highest BCUT2D eigenvalue weighted by Gasteiger charge is 2.39. The van der Waals surface area contributed by atoms with Crippen LogP contribution >= 0.6 is 0 Å². The molecule has 7 aromatic carbocycles. The van der Waals surface area contributed by atoms with Crippen LogP contribution in [-0.2, 0) is 39.5 Å². The predicted molar refractivity (Wildman–Crippen MR) is 257 cm³/mol. The Morgan fingerprint density at radius 1 is 0.429 bits per heavy atom. The molecule has 0 aliphatic carbocycles. The Hall–Kier alpha value is -6.70. The van der Waals surface area contributed by atoms with Gasteiger partial charge in [-0.25, -0.2) is 0 Å². The molecular weight excluding hydrogens is 797 g/mol. The van der Waals surface area contributed by atoms with Gasteiger partial charge in [0.2, 0.25) is 14.1 Å². The summed E-state index contributed by atoms with van der Waals surface area (Å²) < 4.78 is 40.0. The lowest BCUT2D eigenvalue weighted by Crippen LogP contribution is -2.44. The van der Waals surface area contributed by atoms with E-state index in [4.69, 9.17) is 28.1 Å². The average molecular weight is 855 g/mol. The molecule has 7 heteroatoms. The summed E-state index contributed by atoms with van der Waals surface area (Å²) in [5.41, 5.74) is 7.14. The Morgan fingerprint density at radius 2 is 0.794 bits per heavy atom. The van der Waals surface area contributed by atoms with Crippen molar-refractivity contribution in [3.05, 3.63) is 221 Å². The quantitative estimate of drug-likeness (QED) is 0.0712. The van der Waals surface area contributed by atoms with Crippen LogP contribution in [0.1, 0.15) is 59.7 Å². The number of rotatable bonds is 20. The van der Waals surface area contributed by atoms with Gasteiger partial charge >= 0.3 is 0 Å². The molecule has 0 aliphatic heterocycles. The summed E-state index contributed by atoms with van der Waals surface area (Å²) in [4.78, 5) is 0. The molecule has 63 heavy (non-hydrogen) atoms. The minimum atomic E-state index is -2.31. The van der Waals surface area contributed by atoms with E-state index in [2.05, 4.69) is 107 Å². The third-order valence-electron chi connectivity index (χ3n) is 11.2. The van der Waals surface area contributed by atoms with E-state index in [0.29, 0.717) is 68.2 Å². The van der Waals surface area contributed by atoms with Crippen LogP contribution in [0, 0.1) is 0 Å². The molecule has 0 unspecified atom stereocenters. The van der Waals surface area contributed by atoms with Crippen LogP contribution < -0.4 is 28.1 Å². The average Bonchev–Trinajstić information content (AvgIpc) is 3.30. The molecule has 0 heterocycles.